The van der Waals surface area contributed by atoms with E-state index in [1.807, 2.05) is 0 Å². The first kappa shape index (κ1) is 20.3. The van der Waals surface area contributed by atoms with Crippen molar-refractivity contribution in [2.24, 2.45) is 0 Å². The van der Waals surface area contributed by atoms with Crippen LogP contribution in [0.2, 0.25) is 5.02 Å². The minimum Gasteiger partial charge on any atom is -0.507 e. The number of hydrogen-bond donors (Lipinski definition) is 1. The van der Waals surface area contributed by atoms with Crippen molar-refractivity contribution < 1.29 is 19.1 Å². The Balaban J connectivity index is 1.93. The Kier molecular flexibility index (Phi) is 5.45. The van der Waals surface area contributed by atoms with Gasteiger partial charge in [0, 0.05) is 20.7 Å². The maximum Gasteiger partial charge on any atom is 0.300 e. The first-order chi connectivity index (χ1) is 14.4. The highest BCUT2D eigenvalue weighted by Crippen LogP contribution is 2.42. The molecule has 0 aliphatic carbocycles. The lowest BCUT2D eigenvalue weighted by Crippen LogP contribution is -2.29. The van der Waals surface area contributed by atoms with Gasteiger partial charge in [0.05, 0.1) is 11.6 Å². The van der Waals surface area contributed by atoms with Crippen molar-refractivity contribution >= 4 is 50.7 Å². The van der Waals surface area contributed by atoms with Crippen LogP contribution in [0.5, 0.6) is 0 Å². The molecular formula is C23H14BrClFNO3. The molecule has 0 bridgehead atoms. The van der Waals surface area contributed by atoms with Gasteiger partial charge in [-0.25, -0.2) is 4.39 Å². The Hall–Kier alpha value is -2.96. The second kappa shape index (κ2) is 8.05. The predicted molar refractivity (Wildman–Crippen MR) is 117 cm³/mol. The van der Waals surface area contributed by atoms with Gasteiger partial charge in [0.15, 0.2) is 0 Å². The van der Waals surface area contributed by atoms with Gasteiger partial charge in [0.25, 0.3) is 11.7 Å². The molecule has 4 rings (SSSR count). The van der Waals surface area contributed by atoms with Crippen LogP contribution in [0.25, 0.3) is 5.76 Å². The fourth-order valence-corrected chi connectivity index (χ4v) is 3.81. The summed E-state index contributed by atoms with van der Waals surface area (Å²) in [7, 11) is 0. The number of carbonyl (C=O) groups is 2. The molecule has 1 N–H and O–H groups in total. The number of rotatable bonds is 3. The molecule has 1 aliphatic rings. The van der Waals surface area contributed by atoms with E-state index in [1.165, 1.54) is 29.2 Å². The van der Waals surface area contributed by atoms with Crippen LogP contribution < -0.4 is 4.90 Å². The number of halogens is 3. The molecule has 3 aromatic carbocycles. The Morgan fingerprint density at radius 1 is 0.933 bits per heavy atom. The van der Waals surface area contributed by atoms with Gasteiger partial charge >= 0.3 is 0 Å². The van der Waals surface area contributed by atoms with E-state index < -0.39 is 23.5 Å². The summed E-state index contributed by atoms with van der Waals surface area (Å²) < 4.78 is 14.3. The first-order valence-corrected chi connectivity index (χ1v) is 10.1. The standard InChI is InChI=1S/C23H14BrClFNO3/c24-15-5-1-13(2-6-15)20-19(21(28)14-3-7-16(25)8-4-14)22(29)23(30)27(20)18-11-9-17(26)10-12-18/h1-12,20,28H. The minimum absolute atomic E-state index is 0.0473. The van der Waals surface area contributed by atoms with Gasteiger partial charge in [0.1, 0.15) is 11.6 Å². The summed E-state index contributed by atoms with van der Waals surface area (Å²) in [6.07, 6.45) is 0. The molecule has 3 aromatic rings. The van der Waals surface area contributed by atoms with E-state index in [0.717, 1.165) is 4.47 Å². The zero-order valence-electron chi connectivity index (χ0n) is 15.4. The Morgan fingerprint density at radius 2 is 1.53 bits per heavy atom. The van der Waals surface area contributed by atoms with Crippen LogP contribution in [0.3, 0.4) is 0 Å². The number of hydrogen-bond acceptors (Lipinski definition) is 3. The van der Waals surface area contributed by atoms with Crippen LogP contribution in [0, 0.1) is 5.82 Å². The lowest BCUT2D eigenvalue weighted by atomic mass is 9.95. The summed E-state index contributed by atoms with van der Waals surface area (Å²) in [6.45, 7) is 0. The largest absolute Gasteiger partial charge is 0.507 e. The fourth-order valence-electron chi connectivity index (χ4n) is 3.42. The summed E-state index contributed by atoms with van der Waals surface area (Å²) >= 11 is 9.29. The van der Waals surface area contributed by atoms with Crippen LogP contribution in [0.1, 0.15) is 17.2 Å². The van der Waals surface area contributed by atoms with E-state index in [9.17, 15) is 19.1 Å². The molecule has 1 saturated heterocycles. The normalized spacial score (nSPS) is 18.1. The van der Waals surface area contributed by atoms with E-state index in [-0.39, 0.29) is 11.3 Å². The quantitative estimate of drug-likeness (QED) is 0.286. The number of ketones is 1. The molecule has 30 heavy (non-hydrogen) atoms. The van der Waals surface area contributed by atoms with Gasteiger partial charge in [-0.3, -0.25) is 14.5 Å². The van der Waals surface area contributed by atoms with Crippen molar-refractivity contribution in [3.8, 4) is 0 Å². The smallest absolute Gasteiger partial charge is 0.300 e. The Bertz CT molecular complexity index is 1160. The highest BCUT2D eigenvalue weighted by molar-refractivity contribution is 9.10. The molecule has 1 aliphatic heterocycles. The third-order valence-electron chi connectivity index (χ3n) is 4.85. The molecule has 150 valence electrons. The third kappa shape index (κ3) is 3.64. The van der Waals surface area contributed by atoms with E-state index in [4.69, 9.17) is 11.6 Å². The molecule has 1 amide bonds. The van der Waals surface area contributed by atoms with Crippen molar-refractivity contribution in [2.45, 2.75) is 6.04 Å². The second-order valence-corrected chi connectivity index (χ2v) is 8.06. The number of amides is 1. The fraction of sp³-hybridized carbons (Fsp3) is 0.0435. The lowest BCUT2D eigenvalue weighted by molar-refractivity contribution is -0.132. The number of benzene rings is 3. The second-order valence-electron chi connectivity index (χ2n) is 6.70. The lowest BCUT2D eigenvalue weighted by Gasteiger charge is -2.25. The maximum absolute atomic E-state index is 13.4. The Morgan fingerprint density at radius 3 is 2.13 bits per heavy atom. The van der Waals surface area contributed by atoms with Crippen molar-refractivity contribution in [1.82, 2.24) is 0 Å². The average Bonchev–Trinajstić information content (AvgIpc) is 3.00. The van der Waals surface area contributed by atoms with Crippen LogP contribution in [-0.2, 0) is 9.59 Å². The van der Waals surface area contributed by atoms with Crippen molar-refractivity contribution in [3.05, 3.63) is 105 Å². The number of aliphatic hydroxyl groups excluding tert-OH is 1. The molecule has 1 unspecified atom stereocenters. The molecular weight excluding hydrogens is 473 g/mol. The van der Waals surface area contributed by atoms with Gasteiger partial charge in [0.2, 0.25) is 0 Å². The third-order valence-corrected chi connectivity index (χ3v) is 5.63. The van der Waals surface area contributed by atoms with Crippen LogP contribution in [0.4, 0.5) is 10.1 Å². The van der Waals surface area contributed by atoms with E-state index in [1.54, 1.807) is 48.5 Å². The number of carbonyl (C=O) groups excluding carboxylic acids is 2. The van der Waals surface area contributed by atoms with Crippen LogP contribution >= 0.6 is 27.5 Å². The monoisotopic (exact) mass is 485 g/mol. The molecule has 1 atom stereocenters. The molecule has 0 saturated carbocycles. The predicted octanol–water partition coefficient (Wildman–Crippen LogP) is 5.87. The summed E-state index contributed by atoms with van der Waals surface area (Å²) in [5.41, 5.74) is 1.28. The molecule has 1 fully saturated rings. The summed E-state index contributed by atoms with van der Waals surface area (Å²) in [6, 6.07) is 17.8. The van der Waals surface area contributed by atoms with Crippen LogP contribution in [-0.4, -0.2) is 16.8 Å². The zero-order valence-corrected chi connectivity index (χ0v) is 17.7. The van der Waals surface area contributed by atoms with Crippen molar-refractivity contribution in [2.75, 3.05) is 4.90 Å². The van der Waals surface area contributed by atoms with Crippen LogP contribution in [0.15, 0.2) is 82.8 Å². The van der Waals surface area contributed by atoms with Crippen molar-refractivity contribution in [1.29, 1.82) is 0 Å². The molecule has 0 aromatic heterocycles. The number of anilines is 1. The first-order valence-electron chi connectivity index (χ1n) is 8.95. The topological polar surface area (TPSA) is 57.6 Å². The highest BCUT2D eigenvalue weighted by atomic mass is 79.9. The van der Waals surface area contributed by atoms with E-state index in [0.29, 0.717) is 21.8 Å². The Labute approximate surface area is 185 Å². The number of aliphatic hydroxyl groups is 1. The van der Waals surface area contributed by atoms with Gasteiger partial charge in [-0.1, -0.05) is 39.7 Å². The highest BCUT2D eigenvalue weighted by Gasteiger charge is 2.46. The summed E-state index contributed by atoms with van der Waals surface area (Å²) in [5.74, 6) is -2.39. The zero-order chi connectivity index (χ0) is 21.4. The van der Waals surface area contributed by atoms with E-state index >= 15 is 0 Å². The molecule has 0 radical (unpaired) electrons. The number of nitrogens with zero attached hydrogens (tertiary/aromatic N) is 1. The summed E-state index contributed by atoms with van der Waals surface area (Å²) in [5, 5.41) is 11.4. The molecule has 0 spiro atoms. The van der Waals surface area contributed by atoms with E-state index in [2.05, 4.69) is 15.9 Å². The SMILES string of the molecule is O=C1C(=O)N(c2ccc(F)cc2)C(c2ccc(Br)cc2)C1=C(O)c1ccc(Cl)cc1. The van der Waals surface area contributed by atoms with Crippen molar-refractivity contribution in [3.63, 3.8) is 0 Å². The van der Waals surface area contributed by atoms with Gasteiger partial charge < -0.3 is 5.11 Å². The average molecular weight is 487 g/mol. The summed E-state index contributed by atoms with van der Waals surface area (Å²) in [4.78, 5) is 27.2. The van der Waals surface area contributed by atoms with Gasteiger partial charge in [-0.2, -0.15) is 0 Å². The minimum atomic E-state index is -0.876. The molecule has 4 nitrogen and oxygen atoms in total. The number of Topliss-reactive ketones (excluding diaryl/α,β-unsaturated/α-hetero) is 1. The van der Waals surface area contributed by atoms with Gasteiger partial charge in [-0.15, -0.1) is 0 Å². The molecule has 1 heterocycles. The molecule has 7 heteroatoms. The maximum atomic E-state index is 13.4. The van der Waals surface area contributed by atoms with Gasteiger partial charge in [-0.05, 0) is 66.2 Å².